The average molecular weight is 357 g/mol. The maximum Gasteiger partial charge on any atom is 0.330 e. The standard InChI is InChI=1S/C18H38O3Si.Mg.2H/c1-2-3-4-5-6-7-8-9-10-11-12-13-14-15-16-17-18(21-22)19-20-18;;;/h2-17H2,1,22H3;;;. The van der Waals surface area contributed by atoms with Crippen molar-refractivity contribution in [1.29, 1.82) is 0 Å². The molecule has 1 aliphatic heterocycles. The number of rotatable bonds is 17. The second-order valence-corrected chi connectivity index (χ2v) is 7.16. The molecule has 1 rings (SSSR count). The quantitative estimate of drug-likeness (QED) is 0.169. The fraction of sp³-hybridized carbons (Fsp3) is 1.00. The number of unbranched alkanes of at least 4 members (excludes halogenated alkanes) is 14. The Labute approximate surface area is 163 Å². The topological polar surface area (TPSA) is 34.3 Å². The summed E-state index contributed by atoms with van der Waals surface area (Å²) in [6.45, 7) is 2.29. The summed E-state index contributed by atoms with van der Waals surface area (Å²) in [7, 11) is 0.681. The van der Waals surface area contributed by atoms with Crippen molar-refractivity contribution in [3.8, 4) is 0 Å². The van der Waals surface area contributed by atoms with Gasteiger partial charge in [-0.25, -0.2) is 0 Å². The maximum absolute atomic E-state index is 5.26. The molecule has 0 N–H and O–H groups in total. The van der Waals surface area contributed by atoms with Crippen molar-refractivity contribution in [2.45, 2.75) is 116 Å². The third-order valence-electron chi connectivity index (χ3n) is 4.67. The van der Waals surface area contributed by atoms with E-state index >= 15 is 0 Å². The normalized spacial score (nSPS) is 15.5. The Morgan fingerprint density at radius 3 is 1.30 bits per heavy atom. The van der Waals surface area contributed by atoms with Gasteiger partial charge in [0, 0.05) is 6.42 Å². The van der Waals surface area contributed by atoms with Crippen molar-refractivity contribution in [3.05, 3.63) is 0 Å². The fourth-order valence-corrected chi connectivity index (χ4v) is 3.35. The van der Waals surface area contributed by atoms with Crippen LogP contribution in [0.5, 0.6) is 0 Å². The highest BCUT2D eigenvalue weighted by Gasteiger charge is 2.48. The molecule has 1 heterocycles. The maximum atomic E-state index is 5.26. The Balaban J connectivity index is 0.00000484. The van der Waals surface area contributed by atoms with E-state index in [2.05, 4.69) is 6.92 Å². The molecule has 23 heavy (non-hydrogen) atoms. The molecule has 0 spiro atoms. The van der Waals surface area contributed by atoms with Gasteiger partial charge in [-0.05, 0) is 6.42 Å². The van der Waals surface area contributed by atoms with Gasteiger partial charge in [0.1, 0.15) is 0 Å². The van der Waals surface area contributed by atoms with E-state index < -0.39 is 5.97 Å². The first-order valence-electron chi connectivity index (χ1n) is 9.75. The van der Waals surface area contributed by atoms with Crippen LogP contribution in [0.2, 0.25) is 0 Å². The highest BCUT2D eigenvalue weighted by atomic mass is 28.2. The van der Waals surface area contributed by atoms with Crippen LogP contribution in [0.15, 0.2) is 0 Å². The molecule has 0 aliphatic carbocycles. The number of hydrogen-bond donors (Lipinski definition) is 0. The highest BCUT2D eigenvalue weighted by Crippen LogP contribution is 2.35. The number of hydrogen-bond acceptors (Lipinski definition) is 3. The Kier molecular flexibility index (Phi) is 17.0. The van der Waals surface area contributed by atoms with E-state index in [0.717, 1.165) is 12.8 Å². The summed E-state index contributed by atoms with van der Waals surface area (Å²) >= 11 is 0. The van der Waals surface area contributed by atoms with Crippen molar-refractivity contribution in [3.63, 3.8) is 0 Å². The molecule has 0 aromatic carbocycles. The Bertz CT molecular complexity index is 250. The van der Waals surface area contributed by atoms with E-state index in [4.69, 9.17) is 14.2 Å². The lowest BCUT2D eigenvalue weighted by atomic mass is 10.0. The van der Waals surface area contributed by atoms with Gasteiger partial charge in [0.05, 0.1) is 0 Å². The van der Waals surface area contributed by atoms with E-state index in [1.54, 1.807) is 0 Å². The van der Waals surface area contributed by atoms with Crippen LogP contribution in [0.1, 0.15) is 110 Å². The lowest BCUT2D eigenvalue weighted by Gasteiger charge is -2.05. The van der Waals surface area contributed by atoms with Gasteiger partial charge >= 0.3 is 29.0 Å². The molecule has 136 valence electrons. The largest absolute Gasteiger partial charge is 0.377 e. The fourth-order valence-electron chi connectivity index (χ4n) is 3.01. The van der Waals surface area contributed by atoms with Crippen molar-refractivity contribution >= 4 is 33.5 Å². The first-order valence-corrected chi connectivity index (χ1v) is 10.6. The van der Waals surface area contributed by atoms with Crippen molar-refractivity contribution in [2.24, 2.45) is 0 Å². The summed E-state index contributed by atoms with van der Waals surface area (Å²) in [5.74, 6) is -0.608. The third kappa shape index (κ3) is 13.8. The van der Waals surface area contributed by atoms with Gasteiger partial charge in [0.15, 0.2) is 10.5 Å². The Morgan fingerprint density at radius 1 is 0.652 bits per heavy atom. The summed E-state index contributed by atoms with van der Waals surface area (Å²) in [6, 6.07) is 0. The Hall–Kier alpha value is 0.863. The lowest BCUT2D eigenvalue weighted by Crippen LogP contribution is -2.13. The smallest absolute Gasteiger partial charge is 0.330 e. The van der Waals surface area contributed by atoms with E-state index in [0.29, 0.717) is 10.5 Å². The summed E-state index contributed by atoms with van der Waals surface area (Å²) in [5.41, 5.74) is 0. The monoisotopic (exact) mass is 356 g/mol. The van der Waals surface area contributed by atoms with Crippen molar-refractivity contribution in [1.82, 2.24) is 0 Å². The third-order valence-corrected chi connectivity index (χ3v) is 5.29. The molecule has 0 amide bonds. The van der Waals surface area contributed by atoms with Gasteiger partial charge < -0.3 is 4.43 Å². The summed E-state index contributed by atoms with van der Waals surface area (Å²) in [6.07, 6.45) is 21.8. The molecule has 1 saturated heterocycles. The van der Waals surface area contributed by atoms with E-state index in [1.165, 1.54) is 89.9 Å². The van der Waals surface area contributed by atoms with Crippen LogP contribution < -0.4 is 0 Å². The molecule has 0 unspecified atom stereocenters. The molecule has 5 heteroatoms. The second-order valence-electron chi connectivity index (χ2n) is 6.75. The van der Waals surface area contributed by atoms with E-state index in [-0.39, 0.29) is 23.1 Å². The van der Waals surface area contributed by atoms with Gasteiger partial charge in [-0.3, -0.25) is 0 Å². The van der Waals surface area contributed by atoms with Crippen LogP contribution in [0, 0.1) is 0 Å². The molecule has 0 saturated carbocycles. The van der Waals surface area contributed by atoms with Gasteiger partial charge in [0.2, 0.25) is 0 Å². The van der Waals surface area contributed by atoms with Crippen LogP contribution in [0.4, 0.5) is 0 Å². The average Bonchev–Trinajstić information content (AvgIpc) is 3.32. The van der Waals surface area contributed by atoms with Crippen LogP contribution >= 0.6 is 0 Å². The Morgan fingerprint density at radius 2 is 1.00 bits per heavy atom. The van der Waals surface area contributed by atoms with Gasteiger partial charge in [0.25, 0.3) is 0 Å². The van der Waals surface area contributed by atoms with Crippen LogP contribution in [-0.2, 0) is 14.2 Å². The summed E-state index contributed by atoms with van der Waals surface area (Å²) in [4.78, 5) is 9.75. The second kappa shape index (κ2) is 16.3. The molecular formula is C18H40MgO3Si. The van der Waals surface area contributed by atoms with E-state index in [9.17, 15) is 0 Å². The van der Waals surface area contributed by atoms with Gasteiger partial charge in [-0.1, -0.05) is 96.8 Å². The molecule has 0 atom stereocenters. The molecule has 1 aliphatic rings. The van der Waals surface area contributed by atoms with E-state index in [1.807, 2.05) is 0 Å². The van der Waals surface area contributed by atoms with Crippen LogP contribution in [0.3, 0.4) is 0 Å². The minimum Gasteiger partial charge on any atom is -0.377 e. The first kappa shape index (κ1) is 23.9. The summed E-state index contributed by atoms with van der Waals surface area (Å²) in [5, 5.41) is 0. The predicted molar refractivity (Wildman–Crippen MR) is 104 cm³/mol. The molecule has 1 fully saturated rings. The minimum atomic E-state index is -0.608. The zero-order valence-corrected chi connectivity index (χ0v) is 17.0. The van der Waals surface area contributed by atoms with Crippen molar-refractivity contribution in [2.75, 3.05) is 0 Å². The lowest BCUT2D eigenvalue weighted by molar-refractivity contribution is 0.0570. The molecular weight excluding hydrogens is 317 g/mol. The highest BCUT2D eigenvalue weighted by molar-refractivity contribution is 5.98. The molecule has 0 aromatic heterocycles. The molecule has 3 nitrogen and oxygen atoms in total. The molecule has 0 radical (unpaired) electrons. The molecule has 0 bridgehead atoms. The van der Waals surface area contributed by atoms with Crippen molar-refractivity contribution < 1.29 is 14.2 Å². The van der Waals surface area contributed by atoms with Crippen LogP contribution in [-0.4, -0.2) is 39.5 Å². The van der Waals surface area contributed by atoms with Crippen LogP contribution in [0.25, 0.3) is 0 Å². The SMILES string of the molecule is CCCCCCCCCCCCCCCCCC1(O[SiH3])OO1.[MgH2]. The summed E-state index contributed by atoms with van der Waals surface area (Å²) < 4.78 is 5.26. The first-order chi connectivity index (χ1) is 10.8. The van der Waals surface area contributed by atoms with Gasteiger partial charge in [-0.15, -0.1) is 0 Å². The minimum absolute atomic E-state index is 0. The zero-order chi connectivity index (χ0) is 15.9. The van der Waals surface area contributed by atoms with Gasteiger partial charge in [-0.2, -0.15) is 9.78 Å². The zero-order valence-electron chi connectivity index (χ0n) is 15.0. The predicted octanol–water partition coefficient (Wildman–Crippen LogP) is 4.24. The molecule has 0 aromatic rings.